The lowest BCUT2D eigenvalue weighted by atomic mass is 10.1. The highest BCUT2D eigenvalue weighted by Gasteiger charge is 2.40. The van der Waals surface area contributed by atoms with E-state index in [0.717, 1.165) is 16.0 Å². The first kappa shape index (κ1) is 32.4. The van der Waals surface area contributed by atoms with Crippen molar-refractivity contribution in [1.29, 1.82) is 0 Å². The Morgan fingerprint density at radius 2 is 1.80 bits per heavy atom. The van der Waals surface area contributed by atoms with Crippen molar-refractivity contribution < 1.29 is 24.0 Å². The number of carbonyl (C=O) groups excluding carboxylic acids is 5. The van der Waals surface area contributed by atoms with Crippen LogP contribution in [0.1, 0.15) is 47.0 Å². The lowest BCUT2D eigenvalue weighted by Gasteiger charge is -2.25. The summed E-state index contributed by atoms with van der Waals surface area (Å²) in [6, 6.07) is 4.54. The van der Waals surface area contributed by atoms with E-state index in [1.165, 1.54) is 17.1 Å². The van der Waals surface area contributed by atoms with Crippen LogP contribution in [-0.2, 0) is 19.2 Å². The van der Waals surface area contributed by atoms with Crippen molar-refractivity contribution >= 4 is 47.1 Å². The highest BCUT2D eigenvalue weighted by Crippen LogP contribution is 2.21. The van der Waals surface area contributed by atoms with Gasteiger partial charge in [0.2, 0.25) is 23.6 Å². The molecule has 0 saturated carbocycles. The lowest BCUT2D eigenvalue weighted by molar-refractivity contribution is -0.136. The van der Waals surface area contributed by atoms with Gasteiger partial charge in [-0.15, -0.1) is 11.8 Å². The number of carbonyl (C=O) groups is 5. The second-order valence-electron chi connectivity index (χ2n) is 10.1. The summed E-state index contributed by atoms with van der Waals surface area (Å²) in [6.07, 6.45) is 5.62. The van der Waals surface area contributed by atoms with Gasteiger partial charge in [-0.3, -0.25) is 19.2 Å². The van der Waals surface area contributed by atoms with Crippen LogP contribution in [0.25, 0.3) is 0 Å². The number of anilines is 1. The van der Waals surface area contributed by atoms with Crippen LogP contribution in [0.3, 0.4) is 0 Å². The monoisotopic (exact) mass is 572 g/mol. The summed E-state index contributed by atoms with van der Waals surface area (Å²) in [5.41, 5.74) is 7.77. The zero-order valence-corrected chi connectivity index (χ0v) is 24.5. The second kappa shape index (κ2) is 15.7. The smallest absolute Gasteiger partial charge is 0.319 e. The Hall–Kier alpha value is -3.80. The van der Waals surface area contributed by atoms with Crippen LogP contribution < -0.4 is 27.0 Å². The van der Waals surface area contributed by atoms with Gasteiger partial charge in [0, 0.05) is 35.8 Å². The third-order valence-electron chi connectivity index (χ3n) is 6.01. The van der Waals surface area contributed by atoms with E-state index in [9.17, 15) is 24.0 Å². The number of thioether (sulfide) groups is 1. The molecule has 40 heavy (non-hydrogen) atoms. The zero-order chi connectivity index (χ0) is 29.8. The van der Waals surface area contributed by atoms with E-state index in [-0.39, 0.29) is 31.2 Å². The van der Waals surface area contributed by atoms with Gasteiger partial charge in [-0.25, -0.2) is 4.79 Å². The molecule has 0 aromatic heterocycles. The van der Waals surface area contributed by atoms with Gasteiger partial charge in [0.1, 0.15) is 12.1 Å². The second-order valence-corrected chi connectivity index (χ2v) is 11.0. The number of urea groups is 1. The van der Waals surface area contributed by atoms with E-state index in [0.29, 0.717) is 18.7 Å². The van der Waals surface area contributed by atoms with Crippen molar-refractivity contribution in [1.82, 2.24) is 20.9 Å². The first-order valence-corrected chi connectivity index (χ1v) is 14.3. The predicted octanol–water partition coefficient (Wildman–Crippen LogP) is 2.30. The molecule has 2 rings (SSSR count). The van der Waals surface area contributed by atoms with Gasteiger partial charge in [0.05, 0.1) is 6.04 Å². The third kappa shape index (κ3) is 10.8. The number of rotatable bonds is 12. The first-order chi connectivity index (χ1) is 18.9. The standard InChI is InChI=1S/C28H40N6O5S/c1-17(2)12-24(35)30-11-7-10-22(26(29)37)33-27(38)23-15-20(16-34(23)25(36)13-18(3)4)32-28(39)31-19-8-6-9-21(14-19)40-5/h6,8-9,12-14,20,22-23H,7,10-11,15-16H2,1-5H3,(H2,29,37)(H,30,35)(H,33,38)(H2,31,32,39). The summed E-state index contributed by atoms with van der Waals surface area (Å²) in [7, 11) is 0. The number of benzene rings is 1. The average Bonchev–Trinajstić information content (AvgIpc) is 3.28. The predicted molar refractivity (Wildman–Crippen MR) is 157 cm³/mol. The van der Waals surface area contributed by atoms with Crippen LogP contribution in [0.5, 0.6) is 0 Å². The SMILES string of the molecule is CSc1cccc(NC(=O)NC2CC(C(=O)NC(CCCNC(=O)C=C(C)C)C(N)=O)N(C(=O)C=C(C)C)C2)c1. The van der Waals surface area contributed by atoms with Gasteiger partial charge in [0.25, 0.3) is 0 Å². The Balaban J connectivity index is 2.05. The summed E-state index contributed by atoms with van der Waals surface area (Å²) >= 11 is 1.55. The van der Waals surface area contributed by atoms with Crippen LogP contribution in [-0.4, -0.2) is 72.0 Å². The van der Waals surface area contributed by atoms with Crippen molar-refractivity contribution in [2.24, 2.45) is 5.73 Å². The van der Waals surface area contributed by atoms with Gasteiger partial charge < -0.3 is 31.9 Å². The molecule has 218 valence electrons. The molecule has 6 N–H and O–H groups in total. The van der Waals surface area contributed by atoms with E-state index in [1.807, 2.05) is 38.3 Å². The van der Waals surface area contributed by atoms with E-state index in [1.54, 1.807) is 31.7 Å². The molecule has 1 saturated heterocycles. The topological polar surface area (TPSA) is 163 Å². The van der Waals surface area contributed by atoms with Crippen molar-refractivity contribution in [3.8, 4) is 0 Å². The highest BCUT2D eigenvalue weighted by atomic mass is 32.2. The molecule has 11 nitrogen and oxygen atoms in total. The molecule has 0 aliphatic carbocycles. The zero-order valence-electron chi connectivity index (χ0n) is 23.7. The van der Waals surface area contributed by atoms with Crippen LogP contribution in [0.2, 0.25) is 0 Å². The highest BCUT2D eigenvalue weighted by molar-refractivity contribution is 7.98. The van der Waals surface area contributed by atoms with Crippen LogP contribution in [0, 0.1) is 0 Å². The Labute approximate surface area is 239 Å². The third-order valence-corrected chi connectivity index (χ3v) is 6.74. The molecule has 3 unspecified atom stereocenters. The molecule has 0 bridgehead atoms. The molecule has 0 radical (unpaired) electrons. The van der Waals surface area contributed by atoms with Gasteiger partial charge in [-0.05, 0) is 71.4 Å². The molecule has 1 aromatic rings. The summed E-state index contributed by atoms with van der Waals surface area (Å²) in [6.45, 7) is 7.59. The number of hydrogen-bond donors (Lipinski definition) is 5. The summed E-state index contributed by atoms with van der Waals surface area (Å²) in [4.78, 5) is 65.1. The van der Waals surface area contributed by atoms with Gasteiger partial charge in [-0.1, -0.05) is 17.2 Å². The number of nitrogens with zero attached hydrogens (tertiary/aromatic N) is 1. The minimum absolute atomic E-state index is 0.122. The van der Waals surface area contributed by atoms with Crippen molar-refractivity contribution in [2.75, 3.05) is 24.7 Å². The molecule has 6 amide bonds. The minimum atomic E-state index is -0.979. The Morgan fingerprint density at radius 3 is 2.42 bits per heavy atom. The molecule has 1 aromatic carbocycles. The van der Waals surface area contributed by atoms with Gasteiger partial charge in [-0.2, -0.15) is 0 Å². The molecule has 12 heteroatoms. The Kier molecular flexibility index (Phi) is 12.7. The van der Waals surface area contributed by atoms with E-state index in [4.69, 9.17) is 5.73 Å². The fraction of sp³-hybridized carbons (Fsp3) is 0.464. The fourth-order valence-corrected chi connectivity index (χ4v) is 4.66. The number of likely N-dealkylation sites (tertiary alicyclic amines) is 1. The maximum Gasteiger partial charge on any atom is 0.319 e. The Morgan fingerprint density at radius 1 is 1.10 bits per heavy atom. The van der Waals surface area contributed by atoms with E-state index >= 15 is 0 Å². The maximum atomic E-state index is 13.3. The van der Waals surface area contributed by atoms with Gasteiger partial charge >= 0.3 is 6.03 Å². The lowest BCUT2D eigenvalue weighted by Crippen LogP contribution is -2.52. The molecule has 1 aliphatic rings. The van der Waals surface area contributed by atoms with Crippen LogP contribution in [0.15, 0.2) is 52.5 Å². The summed E-state index contributed by atoms with van der Waals surface area (Å²) in [5.74, 6) is -1.86. The number of allylic oxidation sites excluding steroid dienone is 2. The molecule has 3 atom stereocenters. The number of amides is 6. The molecule has 1 heterocycles. The normalized spacial score (nSPS) is 16.8. The largest absolute Gasteiger partial charge is 0.368 e. The number of hydrogen-bond acceptors (Lipinski definition) is 6. The first-order valence-electron chi connectivity index (χ1n) is 13.1. The van der Waals surface area contributed by atoms with Gasteiger partial charge in [0.15, 0.2) is 0 Å². The fourth-order valence-electron chi connectivity index (χ4n) is 4.20. The number of nitrogens with two attached hydrogens (primary N) is 1. The maximum absolute atomic E-state index is 13.3. The van der Waals surface area contributed by atoms with Crippen LogP contribution in [0.4, 0.5) is 10.5 Å². The van der Waals surface area contributed by atoms with Crippen molar-refractivity contribution in [3.05, 3.63) is 47.6 Å². The molecular weight excluding hydrogens is 532 g/mol. The molecule has 1 fully saturated rings. The molecule has 0 spiro atoms. The average molecular weight is 573 g/mol. The summed E-state index contributed by atoms with van der Waals surface area (Å²) in [5, 5.41) is 11.0. The van der Waals surface area contributed by atoms with Crippen LogP contribution >= 0.6 is 11.8 Å². The quantitative estimate of drug-likeness (QED) is 0.147. The Bertz CT molecular complexity index is 1160. The summed E-state index contributed by atoms with van der Waals surface area (Å²) < 4.78 is 0. The van der Waals surface area contributed by atoms with E-state index in [2.05, 4.69) is 21.3 Å². The number of primary amides is 1. The minimum Gasteiger partial charge on any atom is -0.368 e. The van der Waals surface area contributed by atoms with Crippen molar-refractivity contribution in [3.63, 3.8) is 0 Å². The number of nitrogens with one attached hydrogen (secondary N) is 4. The molecular formula is C28H40N6O5S. The molecule has 1 aliphatic heterocycles. The van der Waals surface area contributed by atoms with E-state index < -0.39 is 36.0 Å². The van der Waals surface area contributed by atoms with Crippen molar-refractivity contribution in [2.45, 2.75) is 70.0 Å².